The number of aromatic nitrogens is 2. The van der Waals surface area contributed by atoms with Crippen molar-refractivity contribution in [1.82, 2.24) is 9.38 Å². The lowest BCUT2D eigenvalue weighted by Gasteiger charge is -2.06. The van der Waals surface area contributed by atoms with Gasteiger partial charge in [0, 0.05) is 12.4 Å². The summed E-state index contributed by atoms with van der Waals surface area (Å²) < 4.78 is 12.4. The largest absolute Gasteiger partial charge is 0.484 e. The van der Waals surface area contributed by atoms with Gasteiger partial charge in [-0.15, -0.1) is 0 Å². The number of carbonyl (C=O) groups is 2. The quantitative estimate of drug-likeness (QED) is 0.692. The molecule has 0 bridgehead atoms. The van der Waals surface area contributed by atoms with Gasteiger partial charge in [-0.25, -0.2) is 9.78 Å². The van der Waals surface area contributed by atoms with Crippen molar-refractivity contribution in [2.45, 2.75) is 13.5 Å². The van der Waals surface area contributed by atoms with Crippen molar-refractivity contribution in [3.05, 3.63) is 65.6 Å². The smallest absolute Gasteiger partial charge is 0.338 e. The molecule has 0 saturated carbocycles. The van der Waals surface area contributed by atoms with Crippen LogP contribution in [0.15, 0.2) is 48.8 Å². The van der Waals surface area contributed by atoms with Gasteiger partial charge in [0.15, 0.2) is 6.61 Å². The van der Waals surface area contributed by atoms with E-state index in [4.69, 9.17) is 15.2 Å². The van der Waals surface area contributed by atoms with Crippen LogP contribution in [-0.4, -0.2) is 27.9 Å². The van der Waals surface area contributed by atoms with Crippen LogP contribution in [0, 0.1) is 6.92 Å². The molecule has 2 aromatic heterocycles. The van der Waals surface area contributed by atoms with Gasteiger partial charge in [0.25, 0.3) is 5.91 Å². The summed E-state index contributed by atoms with van der Waals surface area (Å²) in [6.45, 7) is 1.78. The molecule has 3 rings (SSSR count). The highest BCUT2D eigenvalue weighted by Crippen LogP contribution is 2.15. The fourth-order valence-electron chi connectivity index (χ4n) is 2.36. The number of ether oxygens (including phenoxy) is 2. The average molecular weight is 339 g/mol. The van der Waals surface area contributed by atoms with Gasteiger partial charge in [-0.1, -0.05) is 12.1 Å². The Labute approximate surface area is 144 Å². The van der Waals surface area contributed by atoms with E-state index in [2.05, 4.69) is 4.98 Å². The molecule has 2 heterocycles. The Hall–Kier alpha value is -3.35. The SMILES string of the molecule is Cc1cccn2cc(COC(=O)c3cccc(OCC(N)=O)c3)nc12. The second-order valence-corrected chi connectivity index (χ2v) is 5.51. The molecule has 0 atom stereocenters. The summed E-state index contributed by atoms with van der Waals surface area (Å²) in [4.78, 5) is 27.4. The van der Waals surface area contributed by atoms with Crippen molar-refractivity contribution < 1.29 is 19.1 Å². The Morgan fingerprint density at radius 1 is 1.24 bits per heavy atom. The number of hydrogen-bond acceptors (Lipinski definition) is 5. The van der Waals surface area contributed by atoms with Crippen LogP contribution in [0.5, 0.6) is 5.75 Å². The monoisotopic (exact) mass is 339 g/mol. The number of pyridine rings is 1. The summed E-state index contributed by atoms with van der Waals surface area (Å²) in [6, 6.07) is 10.3. The van der Waals surface area contributed by atoms with E-state index in [-0.39, 0.29) is 13.2 Å². The van der Waals surface area contributed by atoms with E-state index in [0.29, 0.717) is 17.0 Å². The molecular formula is C18H17N3O4. The van der Waals surface area contributed by atoms with Crippen molar-refractivity contribution in [2.75, 3.05) is 6.61 Å². The normalized spacial score (nSPS) is 10.6. The molecule has 0 aliphatic rings. The number of hydrogen-bond donors (Lipinski definition) is 1. The van der Waals surface area contributed by atoms with E-state index >= 15 is 0 Å². The minimum atomic E-state index is -0.588. The van der Waals surface area contributed by atoms with Crippen LogP contribution in [0.25, 0.3) is 5.65 Å². The first-order valence-electron chi connectivity index (χ1n) is 7.64. The van der Waals surface area contributed by atoms with Crippen LogP contribution < -0.4 is 10.5 Å². The lowest BCUT2D eigenvalue weighted by molar-refractivity contribution is -0.119. The molecule has 0 unspecified atom stereocenters. The Morgan fingerprint density at radius 3 is 2.84 bits per heavy atom. The molecule has 0 fully saturated rings. The van der Waals surface area contributed by atoms with Gasteiger partial charge in [0.05, 0.1) is 11.3 Å². The van der Waals surface area contributed by atoms with Crippen LogP contribution in [0.3, 0.4) is 0 Å². The number of esters is 1. The van der Waals surface area contributed by atoms with E-state index in [1.807, 2.05) is 35.9 Å². The molecule has 128 valence electrons. The predicted molar refractivity (Wildman–Crippen MR) is 90.2 cm³/mol. The Kier molecular flexibility index (Phi) is 4.65. The van der Waals surface area contributed by atoms with E-state index < -0.39 is 11.9 Å². The number of primary amides is 1. The lowest BCUT2D eigenvalue weighted by Crippen LogP contribution is -2.20. The number of imidazole rings is 1. The van der Waals surface area contributed by atoms with Gasteiger partial charge in [-0.2, -0.15) is 0 Å². The number of amides is 1. The molecule has 0 radical (unpaired) electrons. The van der Waals surface area contributed by atoms with E-state index in [9.17, 15) is 9.59 Å². The zero-order valence-electron chi connectivity index (χ0n) is 13.6. The minimum absolute atomic E-state index is 0.0618. The Balaban J connectivity index is 1.66. The van der Waals surface area contributed by atoms with Gasteiger partial charge in [-0.3, -0.25) is 4.79 Å². The Morgan fingerprint density at radius 2 is 2.08 bits per heavy atom. The third-order valence-corrected chi connectivity index (χ3v) is 3.53. The van der Waals surface area contributed by atoms with Crippen LogP contribution in [0.2, 0.25) is 0 Å². The molecule has 3 aromatic rings. The maximum Gasteiger partial charge on any atom is 0.338 e. The number of fused-ring (bicyclic) bond motifs is 1. The van der Waals surface area contributed by atoms with Gasteiger partial charge >= 0.3 is 5.97 Å². The summed E-state index contributed by atoms with van der Waals surface area (Å²) >= 11 is 0. The number of carbonyl (C=O) groups excluding carboxylic acids is 2. The molecule has 7 nitrogen and oxygen atoms in total. The summed E-state index contributed by atoms with van der Waals surface area (Å²) in [6.07, 6.45) is 3.71. The molecule has 2 N–H and O–H groups in total. The van der Waals surface area contributed by atoms with E-state index in [0.717, 1.165) is 11.2 Å². The molecular weight excluding hydrogens is 322 g/mol. The topological polar surface area (TPSA) is 95.9 Å². The van der Waals surface area contributed by atoms with Crippen molar-refractivity contribution in [3.8, 4) is 5.75 Å². The highest BCUT2D eigenvalue weighted by atomic mass is 16.5. The molecule has 0 aliphatic heterocycles. The van der Waals surface area contributed by atoms with E-state index in [1.54, 1.807) is 18.2 Å². The molecule has 0 saturated heterocycles. The third-order valence-electron chi connectivity index (χ3n) is 3.53. The van der Waals surface area contributed by atoms with Crippen LogP contribution in [0.1, 0.15) is 21.6 Å². The molecule has 25 heavy (non-hydrogen) atoms. The van der Waals surface area contributed by atoms with Gasteiger partial charge in [0.2, 0.25) is 0 Å². The molecule has 1 aromatic carbocycles. The van der Waals surface area contributed by atoms with Crippen molar-refractivity contribution in [3.63, 3.8) is 0 Å². The maximum absolute atomic E-state index is 12.2. The number of benzene rings is 1. The van der Waals surface area contributed by atoms with Crippen molar-refractivity contribution in [1.29, 1.82) is 0 Å². The summed E-state index contributed by atoms with van der Waals surface area (Å²) in [5.41, 5.74) is 7.88. The van der Waals surface area contributed by atoms with Gasteiger partial charge in [-0.05, 0) is 36.8 Å². The van der Waals surface area contributed by atoms with Gasteiger partial charge in [0.1, 0.15) is 18.0 Å². The molecule has 0 spiro atoms. The van der Waals surface area contributed by atoms with Gasteiger partial charge < -0.3 is 19.6 Å². The maximum atomic E-state index is 12.2. The average Bonchev–Trinajstić information content (AvgIpc) is 3.03. The number of nitrogens with two attached hydrogens (primary N) is 1. The van der Waals surface area contributed by atoms with Crippen molar-refractivity contribution in [2.24, 2.45) is 5.73 Å². The minimum Gasteiger partial charge on any atom is -0.484 e. The predicted octanol–water partition coefficient (Wildman–Crippen LogP) is 1.86. The molecule has 1 amide bonds. The number of nitrogens with zero attached hydrogens (tertiary/aromatic N) is 2. The lowest BCUT2D eigenvalue weighted by atomic mass is 10.2. The molecule has 7 heteroatoms. The highest BCUT2D eigenvalue weighted by molar-refractivity contribution is 5.89. The number of rotatable bonds is 6. The summed E-state index contributed by atoms with van der Waals surface area (Å²) in [5.74, 6) is -0.718. The standard InChI is InChI=1S/C18H17N3O4/c1-12-4-3-7-21-9-14(20-17(12)21)10-25-18(23)13-5-2-6-15(8-13)24-11-16(19)22/h2-9H,10-11H2,1H3,(H2,19,22). The highest BCUT2D eigenvalue weighted by Gasteiger charge is 2.11. The third kappa shape index (κ3) is 3.95. The summed E-state index contributed by atoms with van der Waals surface area (Å²) in [5, 5.41) is 0. The molecule has 0 aliphatic carbocycles. The first-order chi connectivity index (χ1) is 12.0. The zero-order chi connectivity index (χ0) is 17.8. The van der Waals surface area contributed by atoms with E-state index in [1.165, 1.54) is 6.07 Å². The van der Waals surface area contributed by atoms with Crippen LogP contribution in [0.4, 0.5) is 0 Å². The number of aryl methyl sites for hydroxylation is 1. The second-order valence-electron chi connectivity index (χ2n) is 5.51. The second kappa shape index (κ2) is 7.04. The zero-order valence-corrected chi connectivity index (χ0v) is 13.6. The van der Waals surface area contributed by atoms with Crippen molar-refractivity contribution >= 4 is 17.5 Å². The Bertz CT molecular complexity index is 933. The summed E-state index contributed by atoms with van der Waals surface area (Å²) in [7, 11) is 0. The fourth-order valence-corrected chi connectivity index (χ4v) is 2.36. The first kappa shape index (κ1) is 16.5. The first-order valence-corrected chi connectivity index (χ1v) is 7.64. The van der Waals surface area contributed by atoms with Crippen LogP contribution in [-0.2, 0) is 16.1 Å². The van der Waals surface area contributed by atoms with Crippen LogP contribution >= 0.6 is 0 Å². The fraction of sp³-hybridized carbons (Fsp3) is 0.167.